The zero-order chi connectivity index (χ0) is 31.9. The summed E-state index contributed by atoms with van der Waals surface area (Å²) in [6.45, 7) is 2.55. The fourth-order valence-corrected chi connectivity index (χ4v) is 4.32. The van der Waals surface area contributed by atoms with Crippen molar-refractivity contribution >= 4 is 23.1 Å². The minimum absolute atomic E-state index is 0.00250. The number of imidazole rings is 1. The molecule has 1 amide bonds. The van der Waals surface area contributed by atoms with Gasteiger partial charge in [-0.15, -0.1) is 0 Å². The number of carbonyl (C=O) groups is 1. The van der Waals surface area contributed by atoms with Crippen LogP contribution in [0.1, 0.15) is 15.9 Å². The summed E-state index contributed by atoms with van der Waals surface area (Å²) in [6.07, 6.45) is 5.07. The Balaban J connectivity index is 1.20. The normalized spacial score (nSPS) is 11.3. The van der Waals surface area contributed by atoms with E-state index in [1.165, 1.54) is 12.1 Å². The van der Waals surface area contributed by atoms with E-state index in [2.05, 4.69) is 25.3 Å². The summed E-state index contributed by atoms with van der Waals surface area (Å²) in [4.78, 5) is 21.7. The molecule has 0 atom stereocenters. The van der Waals surface area contributed by atoms with Gasteiger partial charge >= 0.3 is 6.61 Å². The van der Waals surface area contributed by atoms with Gasteiger partial charge in [0.2, 0.25) is 0 Å². The minimum Gasteiger partial charge on any atom is -0.435 e. The summed E-state index contributed by atoms with van der Waals surface area (Å²) in [5.41, 5.74) is 4.13. The average Bonchev–Trinajstić information content (AvgIpc) is 3.46. The van der Waals surface area contributed by atoms with Gasteiger partial charge < -0.3 is 39.4 Å². The van der Waals surface area contributed by atoms with Crippen molar-refractivity contribution in [3.8, 4) is 17.0 Å². The van der Waals surface area contributed by atoms with Crippen LogP contribution in [0.15, 0.2) is 61.1 Å². The van der Waals surface area contributed by atoms with E-state index >= 15 is 0 Å². The van der Waals surface area contributed by atoms with Crippen molar-refractivity contribution in [1.82, 2.24) is 19.7 Å². The quantitative estimate of drug-likeness (QED) is 0.124. The van der Waals surface area contributed by atoms with E-state index in [1.54, 1.807) is 42.9 Å². The fraction of sp³-hybridized carbons (Fsp3) is 0.387. The predicted molar refractivity (Wildman–Crippen MR) is 162 cm³/mol. The zero-order valence-electron chi connectivity index (χ0n) is 24.9. The number of amides is 1. The molecular weight excluding hydrogens is 592 g/mol. The van der Waals surface area contributed by atoms with Gasteiger partial charge in [-0.2, -0.15) is 8.78 Å². The van der Waals surface area contributed by atoms with E-state index in [4.69, 9.17) is 24.1 Å². The van der Waals surface area contributed by atoms with Crippen molar-refractivity contribution < 1.29 is 42.4 Å². The minimum atomic E-state index is -2.89. The first kappa shape index (κ1) is 33.7. The first-order valence-electron chi connectivity index (χ1n) is 14.4. The van der Waals surface area contributed by atoms with Crippen LogP contribution in [0.4, 0.5) is 20.3 Å². The molecule has 0 spiro atoms. The number of ether oxygens (including phenoxy) is 5. The van der Waals surface area contributed by atoms with E-state index < -0.39 is 6.61 Å². The molecule has 14 heteroatoms. The zero-order valence-corrected chi connectivity index (χ0v) is 24.9. The van der Waals surface area contributed by atoms with Crippen molar-refractivity contribution in [2.45, 2.75) is 13.5 Å². The van der Waals surface area contributed by atoms with Crippen LogP contribution in [0.25, 0.3) is 16.9 Å². The van der Waals surface area contributed by atoms with Crippen molar-refractivity contribution in [2.75, 3.05) is 71.3 Å². The maximum absolute atomic E-state index is 12.7. The lowest BCUT2D eigenvalue weighted by Crippen LogP contribution is -2.28. The van der Waals surface area contributed by atoms with Gasteiger partial charge in [0.15, 0.2) is 11.5 Å². The number of benzene rings is 2. The van der Waals surface area contributed by atoms with Crippen LogP contribution in [-0.2, 0) is 18.9 Å². The summed E-state index contributed by atoms with van der Waals surface area (Å²) in [7, 11) is 0. The smallest absolute Gasteiger partial charge is 0.387 e. The topological polar surface area (TPSA) is 138 Å². The summed E-state index contributed by atoms with van der Waals surface area (Å²) < 4.78 is 52.6. The van der Waals surface area contributed by atoms with E-state index in [0.29, 0.717) is 76.4 Å². The molecule has 0 aliphatic heterocycles. The lowest BCUT2D eigenvalue weighted by Gasteiger charge is -2.12. The standard InChI is InChI=1S/C31H37F2N5O7/c1-22-20-24(4-7-26(22)30(40)35-9-12-41-14-16-43-18-19-44-17-15-42-13-11-39)37-28-29-36-21-27(38(29)10-8-34-28)23-2-5-25(6-3-23)45-31(32)33/h2-8,10,20-21,31,39H,9,11-19H2,1H3,(H,34,37)(H,35,40). The van der Waals surface area contributed by atoms with E-state index in [-0.39, 0.29) is 18.3 Å². The molecule has 242 valence electrons. The molecule has 0 unspecified atom stereocenters. The van der Waals surface area contributed by atoms with Gasteiger partial charge in [0.25, 0.3) is 5.91 Å². The molecule has 0 saturated carbocycles. The van der Waals surface area contributed by atoms with Gasteiger partial charge in [0.1, 0.15) is 5.75 Å². The van der Waals surface area contributed by atoms with Crippen LogP contribution in [-0.4, -0.2) is 98.0 Å². The summed E-state index contributed by atoms with van der Waals surface area (Å²) in [6, 6.07) is 11.7. The Kier molecular flexibility index (Phi) is 13.4. The van der Waals surface area contributed by atoms with Crippen molar-refractivity contribution in [2.24, 2.45) is 0 Å². The lowest BCUT2D eigenvalue weighted by atomic mass is 10.1. The molecule has 0 saturated heterocycles. The molecule has 0 bridgehead atoms. The number of aryl methyl sites for hydroxylation is 1. The van der Waals surface area contributed by atoms with Crippen LogP contribution in [0.5, 0.6) is 5.75 Å². The molecule has 0 fully saturated rings. The van der Waals surface area contributed by atoms with Crippen molar-refractivity contribution in [3.63, 3.8) is 0 Å². The number of rotatable bonds is 20. The number of aliphatic hydroxyl groups is 1. The highest BCUT2D eigenvalue weighted by Gasteiger charge is 2.13. The monoisotopic (exact) mass is 629 g/mol. The summed E-state index contributed by atoms with van der Waals surface area (Å²) in [5.74, 6) is 0.378. The highest BCUT2D eigenvalue weighted by atomic mass is 19.3. The van der Waals surface area contributed by atoms with Crippen LogP contribution < -0.4 is 15.4 Å². The highest BCUT2D eigenvalue weighted by Crippen LogP contribution is 2.27. The van der Waals surface area contributed by atoms with Crippen molar-refractivity contribution in [1.29, 1.82) is 0 Å². The molecule has 45 heavy (non-hydrogen) atoms. The van der Waals surface area contributed by atoms with Crippen LogP contribution >= 0.6 is 0 Å². The summed E-state index contributed by atoms with van der Waals surface area (Å²) >= 11 is 0. The second kappa shape index (κ2) is 17.9. The number of hydrogen-bond donors (Lipinski definition) is 3. The predicted octanol–water partition coefficient (Wildman–Crippen LogP) is 3.84. The third kappa shape index (κ3) is 10.4. The second-order valence-electron chi connectivity index (χ2n) is 9.60. The van der Waals surface area contributed by atoms with Gasteiger partial charge in [0.05, 0.1) is 71.4 Å². The number of fused-ring (bicyclic) bond motifs is 1. The van der Waals surface area contributed by atoms with Gasteiger partial charge in [-0.3, -0.25) is 9.20 Å². The number of aliphatic hydroxyl groups excluding tert-OH is 1. The molecule has 4 rings (SSSR count). The Labute approximate surface area is 259 Å². The first-order chi connectivity index (χ1) is 22.0. The molecular formula is C31H37F2N5O7. The van der Waals surface area contributed by atoms with Crippen LogP contribution in [0.2, 0.25) is 0 Å². The maximum Gasteiger partial charge on any atom is 0.387 e. The third-order valence-electron chi connectivity index (χ3n) is 6.42. The van der Waals surface area contributed by atoms with Crippen molar-refractivity contribution in [3.05, 3.63) is 72.2 Å². The molecule has 12 nitrogen and oxygen atoms in total. The number of anilines is 2. The highest BCUT2D eigenvalue weighted by molar-refractivity contribution is 5.96. The Morgan fingerprint density at radius 1 is 0.911 bits per heavy atom. The van der Waals surface area contributed by atoms with Gasteiger partial charge in [-0.25, -0.2) is 9.97 Å². The molecule has 2 aromatic heterocycles. The third-order valence-corrected chi connectivity index (χ3v) is 6.42. The van der Waals surface area contributed by atoms with Crippen LogP contribution in [0.3, 0.4) is 0 Å². The number of halogens is 2. The molecule has 0 aliphatic carbocycles. The van der Waals surface area contributed by atoms with Gasteiger partial charge in [-0.05, 0) is 55.0 Å². The molecule has 3 N–H and O–H groups in total. The molecule has 2 aromatic carbocycles. The number of nitrogens with zero attached hydrogens (tertiary/aromatic N) is 3. The average molecular weight is 630 g/mol. The SMILES string of the molecule is Cc1cc(Nc2nccn3c(-c4ccc(OC(F)F)cc4)cnc23)ccc1C(=O)NCCOCCOCCOCCOCCO. The Morgan fingerprint density at radius 3 is 2.22 bits per heavy atom. The Hall–Kier alpha value is -4.21. The fourth-order valence-electron chi connectivity index (χ4n) is 4.32. The van der Waals surface area contributed by atoms with E-state index in [9.17, 15) is 13.6 Å². The number of aromatic nitrogens is 3. The van der Waals surface area contributed by atoms with Crippen LogP contribution in [0, 0.1) is 6.92 Å². The second-order valence-corrected chi connectivity index (χ2v) is 9.60. The Bertz CT molecular complexity index is 1490. The Morgan fingerprint density at radius 2 is 1.58 bits per heavy atom. The largest absolute Gasteiger partial charge is 0.435 e. The molecule has 0 aliphatic rings. The summed E-state index contributed by atoms with van der Waals surface area (Å²) in [5, 5.41) is 14.7. The molecule has 2 heterocycles. The van der Waals surface area contributed by atoms with E-state index in [1.807, 2.05) is 17.4 Å². The lowest BCUT2D eigenvalue weighted by molar-refractivity contribution is -0.0498. The molecule has 4 aromatic rings. The first-order valence-corrected chi connectivity index (χ1v) is 14.4. The molecule has 0 radical (unpaired) electrons. The van der Waals surface area contributed by atoms with Gasteiger partial charge in [0, 0.05) is 35.8 Å². The number of alkyl halides is 2. The van der Waals surface area contributed by atoms with E-state index in [0.717, 1.165) is 22.5 Å². The maximum atomic E-state index is 12.7. The van der Waals surface area contributed by atoms with Gasteiger partial charge in [-0.1, -0.05) is 0 Å². The number of hydrogen-bond acceptors (Lipinski definition) is 10. The number of carbonyl (C=O) groups excluding carboxylic acids is 1. The number of nitrogens with one attached hydrogen (secondary N) is 2.